The van der Waals surface area contributed by atoms with Crippen LogP contribution in [0.4, 0.5) is 4.39 Å². The Kier molecular flexibility index (Phi) is 5.41. The SMILES string of the molecule is COc1cccc(Oc2c(C)oc3cc(OC(=O)c4ccc(F)cc4)ccc3c2=O)c1. The fourth-order valence-electron chi connectivity index (χ4n) is 2.98. The quantitative estimate of drug-likeness (QED) is 0.324. The molecule has 0 saturated carbocycles. The summed E-state index contributed by atoms with van der Waals surface area (Å²) in [6.45, 7) is 1.60. The lowest BCUT2D eigenvalue weighted by atomic mass is 10.2. The number of carbonyl (C=O) groups excluding carboxylic acids is 1. The van der Waals surface area contributed by atoms with Gasteiger partial charge in [-0.3, -0.25) is 4.79 Å². The van der Waals surface area contributed by atoms with Gasteiger partial charge in [-0.25, -0.2) is 9.18 Å². The number of hydrogen-bond donors (Lipinski definition) is 0. The van der Waals surface area contributed by atoms with Crippen LogP contribution in [-0.2, 0) is 0 Å². The molecule has 0 radical (unpaired) electrons. The molecule has 0 saturated heterocycles. The van der Waals surface area contributed by atoms with Crippen LogP contribution in [0.15, 0.2) is 75.9 Å². The number of aryl methyl sites for hydroxylation is 1. The van der Waals surface area contributed by atoms with Gasteiger partial charge >= 0.3 is 5.97 Å². The number of esters is 1. The van der Waals surface area contributed by atoms with E-state index in [1.807, 2.05) is 0 Å². The summed E-state index contributed by atoms with van der Waals surface area (Å²) in [5.41, 5.74) is 0.0732. The first-order valence-corrected chi connectivity index (χ1v) is 9.32. The molecule has 1 heterocycles. The summed E-state index contributed by atoms with van der Waals surface area (Å²) in [4.78, 5) is 25.2. The Morgan fingerprint density at radius 2 is 1.68 bits per heavy atom. The van der Waals surface area contributed by atoms with Crippen molar-refractivity contribution in [3.8, 4) is 23.0 Å². The van der Waals surface area contributed by atoms with Gasteiger partial charge < -0.3 is 18.6 Å². The van der Waals surface area contributed by atoms with Crippen LogP contribution < -0.4 is 19.6 Å². The van der Waals surface area contributed by atoms with Gasteiger partial charge in [0.15, 0.2) is 0 Å². The predicted octanol–water partition coefficient (Wildman–Crippen LogP) is 5.26. The molecule has 4 aromatic rings. The molecule has 156 valence electrons. The van der Waals surface area contributed by atoms with E-state index in [-0.39, 0.29) is 39.2 Å². The van der Waals surface area contributed by atoms with Crippen LogP contribution >= 0.6 is 0 Å². The smallest absolute Gasteiger partial charge is 0.343 e. The average molecular weight is 420 g/mol. The Morgan fingerprint density at radius 3 is 2.42 bits per heavy atom. The Hall–Kier alpha value is -4.13. The molecular formula is C24H17FO6. The molecule has 0 unspecified atom stereocenters. The van der Waals surface area contributed by atoms with Crippen molar-refractivity contribution in [2.45, 2.75) is 6.92 Å². The highest BCUT2D eigenvalue weighted by molar-refractivity contribution is 5.91. The van der Waals surface area contributed by atoms with E-state index in [1.54, 1.807) is 31.2 Å². The molecule has 4 rings (SSSR count). The topological polar surface area (TPSA) is 75.0 Å². The lowest BCUT2D eigenvalue weighted by molar-refractivity contribution is 0.0735. The van der Waals surface area contributed by atoms with Crippen molar-refractivity contribution in [1.82, 2.24) is 0 Å². The maximum atomic E-state index is 13.0. The zero-order valence-electron chi connectivity index (χ0n) is 16.7. The van der Waals surface area contributed by atoms with Crippen LogP contribution in [0.1, 0.15) is 16.1 Å². The Morgan fingerprint density at radius 1 is 0.935 bits per heavy atom. The molecule has 3 aromatic carbocycles. The summed E-state index contributed by atoms with van der Waals surface area (Å²) in [6, 6.07) is 16.3. The molecule has 0 aliphatic heterocycles. The largest absolute Gasteiger partial charge is 0.497 e. The van der Waals surface area contributed by atoms with Gasteiger partial charge in [0.2, 0.25) is 11.2 Å². The third-order valence-electron chi connectivity index (χ3n) is 4.54. The van der Waals surface area contributed by atoms with E-state index in [2.05, 4.69) is 0 Å². The van der Waals surface area contributed by atoms with Crippen LogP contribution in [0.5, 0.6) is 23.0 Å². The summed E-state index contributed by atoms with van der Waals surface area (Å²) in [5, 5.41) is 0.269. The fraction of sp³-hybridized carbons (Fsp3) is 0.0833. The second-order valence-corrected chi connectivity index (χ2v) is 6.65. The van der Waals surface area contributed by atoms with Gasteiger partial charge in [0.1, 0.15) is 34.4 Å². The van der Waals surface area contributed by atoms with Crippen molar-refractivity contribution >= 4 is 16.9 Å². The van der Waals surface area contributed by atoms with Gasteiger partial charge in [0, 0.05) is 12.1 Å². The van der Waals surface area contributed by atoms with E-state index in [1.165, 1.54) is 49.6 Å². The lowest BCUT2D eigenvalue weighted by Crippen LogP contribution is -2.10. The third-order valence-corrected chi connectivity index (χ3v) is 4.54. The van der Waals surface area contributed by atoms with Gasteiger partial charge in [-0.1, -0.05) is 6.07 Å². The number of halogens is 1. The second kappa shape index (κ2) is 8.31. The lowest BCUT2D eigenvalue weighted by Gasteiger charge is -2.10. The minimum absolute atomic E-state index is 0.0526. The van der Waals surface area contributed by atoms with Crippen molar-refractivity contribution in [3.63, 3.8) is 0 Å². The summed E-state index contributed by atoms with van der Waals surface area (Å²) in [5.74, 6) is 0.416. The molecule has 0 N–H and O–H groups in total. The van der Waals surface area contributed by atoms with Gasteiger partial charge in [-0.2, -0.15) is 0 Å². The summed E-state index contributed by atoms with van der Waals surface area (Å²) in [6.07, 6.45) is 0. The van der Waals surface area contributed by atoms with Crippen LogP contribution in [0.2, 0.25) is 0 Å². The number of rotatable bonds is 5. The third kappa shape index (κ3) is 4.25. The van der Waals surface area contributed by atoms with E-state index in [9.17, 15) is 14.0 Å². The number of benzene rings is 3. The van der Waals surface area contributed by atoms with E-state index >= 15 is 0 Å². The maximum Gasteiger partial charge on any atom is 0.343 e. The van der Waals surface area contributed by atoms with Crippen molar-refractivity contribution in [1.29, 1.82) is 0 Å². The zero-order chi connectivity index (χ0) is 22.0. The van der Waals surface area contributed by atoms with Gasteiger partial charge in [0.05, 0.1) is 18.1 Å². The molecule has 1 aromatic heterocycles. The predicted molar refractivity (Wildman–Crippen MR) is 112 cm³/mol. The molecule has 0 amide bonds. The maximum absolute atomic E-state index is 13.0. The molecule has 0 aliphatic rings. The zero-order valence-corrected chi connectivity index (χ0v) is 16.7. The van der Waals surface area contributed by atoms with Crippen LogP contribution in [0.3, 0.4) is 0 Å². The Labute approximate surface area is 176 Å². The minimum Gasteiger partial charge on any atom is -0.497 e. The first-order chi connectivity index (χ1) is 14.9. The van der Waals surface area contributed by atoms with E-state index in [0.29, 0.717) is 11.5 Å². The number of methoxy groups -OCH3 is 1. The van der Waals surface area contributed by atoms with E-state index in [4.69, 9.17) is 18.6 Å². The van der Waals surface area contributed by atoms with Gasteiger partial charge in [-0.05, 0) is 55.5 Å². The molecule has 0 spiro atoms. The molecule has 6 nitrogen and oxygen atoms in total. The Bertz CT molecular complexity index is 1320. The molecule has 0 atom stereocenters. The number of carbonyl (C=O) groups is 1. The van der Waals surface area contributed by atoms with Crippen LogP contribution in [-0.4, -0.2) is 13.1 Å². The highest BCUT2D eigenvalue weighted by Crippen LogP contribution is 2.29. The van der Waals surface area contributed by atoms with Crippen molar-refractivity contribution in [2.75, 3.05) is 7.11 Å². The Balaban J connectivity index is 1.63. The van der Waals surface area contributed by atoms with Gasteiger partial charge in [0.25, 0.3) is 0 Å². The van der Waals surface area contributed by atoms with E-state index in [0.717, 1.165) is 0 Å². The normalized spacial score (nSPS) is 10.7. The van der Waals surface area contributed by atoms with E-state index < -0.39 is 11.8 Å². The standard InChI is InChI=1S/C24H17FO6/c1-14-23(30-18-5-3-4-17(12-18)28-2)22(26)20-11-10-19(13-21(20)29-14)31-24(27)15-6-8-16(25)9-7-15/h3-13H,1-2H3. The first kappa shape index (κ1) is 20.2. The van der Waals surface area contributed by atoms with Crippen molar-refractivity contribution in [2.24, 2.45) is 0 Å². The molecule has 7 heteroatoms. The second-order valence-electron chi connectivity index (χ2n) is 6.65. The molecule has 31 heavy (non-hydrogen) atoms. The van der Waals surface area contributed by atoms with Gasteiger partial charge in [-0.15, -0.1) is 0 Å². The monoisotopic (exact) mass is 420 g/mol. The number of hydrogen-bond acceptors (Lipinski definition) is 6. The van der Waals surface area contributed by atoms with Crippen LogP contribution in [0.25, 0.3) is 11.0 Å². The average Bonchev–Trinajstić information content (AvgIpc) is 2.77. The molecular weight excluding hydrogens is 403 g/mol. The molecule has 0 aliphatic carbocycles. The summed E-state index contributed by atoms with van der Waals surface area (Å²) >= 11 is 0. The van der Waals surface area contributed by atoms with Crippen LogP contribution in [0, 0.1) is 12.7 Å². The molecule has 0 bridgehead atoms. The highest BCUT2D eigenvalue weighted by atomic mass is 19.1. The minimum atomic E-state index is -0.656. The summed E-state index contributed by atoms with van der Waals surface area (Å²) in [7, 11) is 1.54. The summed E-state index contributed by atoms with van der Waals surface area (Å²) < 4.78 is 35.0. The van der Waals surface area contributed by atoms with Crippen molar-refractivity contribution < 1.29 is 27.8 Å². The molecule has 0 fully saturated rings. The first-order valence-electron chi connectivity index (χ1n) is 9.32. The number of ether oxygens (including phenoxy) is 3. The highest BCUT2D eigenvalue weighted by Gasteiger charge is 2.16. The fourth-order valence-corrected chi connectivity index (χ4v) is 2.98. The number of fused-ring (bicyclic) bond motifs is 1. The van der Waals surface area contributed by atoms with Crippen molar-refractivity contribution in [3.05, 3.63) is 94.1 Å².